The Morgan fingerprint density at radius 3 is 2.55 bits per heavy atom. The lowest BCUT2D eigenvalue weighted by atomic mass is 9.97. The molecule has 5 aromatic heterocycles. The van der Waals surface area contributed by atoms with Crippen molar-refractivity contribution >= 4 is 34.8 Å². The molecule has 2 bridgehead atoms. The molecule has 0 spiro atoms. The van der Waals surface area contributed by atoms with Crippen LogP contribution in [0, 0.1) is 5.92 Å². The van der Waals surface area contributed by atoms with E-state index in [4.69, 9.17) is 28.3 Å². The maximum absolute atomic E-state index is 13.8. The largest absolute Gasteiger partial charge is 0.479 e. The van der Waals surface area contributed by atoms with Crippen LogP contribution in [0.15, 0.2) is 78.5 Å². The fraction of sp³-hybridized carbons (Fsp3) is 0.194. The minimum atomic E-state index is -0.484. The second-order valence-electron chi connectivity index (χ2n) is 11.1. The normalized spacial score (nSPS) is 16.5. The average molecular weight is 671 g/mol. The topological polar surface area (TPSA) is 171 Å². The quantitative estimate of drug-likeness (QED) is 0.263. The number of anilines is 1. The molecule has 14 nitrogen and oxygen atoms in total. The fourth-order valence-corrected chi connectivity index (χ4v) is 5.82. The highest BCUT2D eigenvalue weighted by atomic mass is 35.5. The third-order valence-corrected chi connectivity index (χ3v) is 8.35. The van der Waals surface area contributed by atoms with Gasteiger partial charge in [0.25, 0.3) is 5.56 Å². The number of halogens is 2. The van der Waals surface area contributed by atoms with Crippen LogP contribution >= 0.6 is 23.2 Å². The third kappa shape index (κ3) is 6.07. The molecule has 1 aromatic carbocycles. The summed E-state index contributed by atoms with van der Waals surface area (Å²) in [5.74, 6) is -0.480. The maximum atomic E-state index is 13.8. The Morgan fingerprint density at radius 2 is 1.79 bits per heavy atom. The lowest BCUT2D eigenvalue weighted by Crippen LogP contribution is -2.27. The first-order valence-electron chi connectivity index (χ1n) is 14.6. The summed E-state index contributed by atoms with van der Waals surface area (Å²) in [6.45, 7) is 1.86. The van der Waals surface area contributed by atoms with Gasteiger partial charge in [-0.2, -0.15) is 5.10 Å². The Hall–Kier alpha value is -5.47. The number of nitrogens with zero attached hydrogens (tertiary/aromatic N) is 10. The van der Waals surface area contributed by atoms with Crippen LogP contribution in [0.4, 0.5) is 5.69 Å². The number of pyridine rings is 1. The average Bonchev–Trinajstić information content (AvgIpc) is 3.69. The molecule has 0 fully saturated rings. The van der Waals surface area contributed by atoms with Gasteiger partial charge in [0.1, 0.15) is 11.4 Å². The smallest absolute Gasteiger partial charge is 0.313 e. The van der Waals surface area contributed by atoms with Crippen molar-refractivity contribution in [3.8, 4) is 39.9 Å². The van der Waals surface area contributed by atoms with Gasteiger partial charge in [0.2, 0.25) is 5.91 Å². The molecule has 0 aliphatic carbocycles. The number of amides is 1. The van der Waals surface area contributed by atoms with Crippen LogP contribution in [-0.2, 0) is 4.79 Å². The van der Waals surface area contributed by atoms with E-state index in [2.05, 4.69) is 35.6 Å². The summed E-state index contributed by atoms with van der Waals surface area (Å²) >= 11 is 12.3. The van der Waals surface area contributed by atoms with Crippen LogP contribution in [0.1, 0.15) is 37.9 Å². The van der Waals surface area contributed by atoms with Crippen LogP contribution in [0.5, 0.6) is 6.01 Å². The Kier molecular flexibility index (Phi) is 7.95. The molecule has 1 amide bonds. The van der Waals surface area contributed by atoms with E-state index >= 15 is 0 Å². The van der Waals surface area contributed by atoms with Crippen molar-refractivity contribution in [1.29, 1.82) is 0 Å². The number of carbonyl (C=O) groups excluding carboxylic acids is 1. The first-order valence-corrected chi connectivity index (χ1v) is 15.3. The van der Waals surface area contributed by atoms with Gasteiger partial charge in [-0.15, -0.1) is 5.10 Å². The molecule has 1 aliphatic rings. The fourth-order valence-electron chi connectivity index (χ4n) is 5.52. The Bertz CT molecular complexity index is 2180. The van der Waals surface area contributed by atoms with Gasteiger partial charge >= 0.3 is 6.01 Å². The highest BCUT2D eigenvalue weighted by Gasteiger charge is 2.24. The zero-order valence-corrected chi connectivity index (χ0v) is 26.2. The van der Waals surface area contributed by atoms with Gasteiger partial charge < -0.3 is 10.4 Å². The Labute approximate surface area is 276 Å². The van der Waals surface area contributed by atoms with Crippen LogP contribution in [0.25, 0.3) is 33.9 Å². The summed E-state index contributed by atoms with van der Waals surface area (Å²) in [7, 11) is 0. The molecule has 6 aromatic rings. The van der Waals surface area contributed by atoms with E-state index in [1.807, 2.05) is 13.0 Å². The van der Waals surface area contributed by atoms with E-state index in [1.54, 1.807) is 47.4 Å². The van der Waals surface area contributed by atoms with Crippen LogP contribution in [0.3, 0.4) is 0 Å². The van der Waals surface area contributed by atoms with Crippen molar-refractivity contribution in [3.63, 3.8) is 0 Å². The van der Waals surface area contributed by atoms with Crippen molar-refractivity contribution in [2.75, 3.05) is 5.32 Å². The predicted molar refractivity (Wildman–Crippen MR) is 173 cm³/mol. The van der Waals surface area contributed by atoms with Crippen molar-refractivity contribution < 1.29 is 9.90 Å². The monoisotopic (exact) mass is 669 g/mol. The van der Waals surface area contributed by atoms with Gasteiger partial charge in [-0.25, -0.2) is 24.3 Å². The Balaban J connectivity index is 1.30. The number of hydrogen-bond donors (Lipinski definition) is 2. The second kappa shape index (κ2) is 12.4. The lowest BCUT2D eigenvalue weighted by Gasteiger charge is -2.22. The van der Waals surface area contributed by atoms with E-state index in [0.717, 1.165) is 0 Å². The maximum Gasteiger partial charge on any atom is 0.313 e. The van der Waals surface area contributed by atoms with Crippen molar-refractivity contribution in [2.45, 2.75) is 32.2 Å². The Morgan fingerprint density at radius 1 is 0.957 bits per heavy atom. The van der Waals surface area contributed by atoms with Crippen LogP contribution in [-0.4, -0.2) is 60.3 Å². The summed E-state index contributed by atoms with van der Waals surface area (Å²) in [4.78, 5) is 44.0. The van der Waals surface area contributed by atoms with Gasteiger partial charge in [0, 0.05) is 34.3 Å². The summed E-state index contributed by atoms with van der Waals surface area (Å²) in [5, 5.41) is 25.8. The predicted octanol–water partition coefficient (Wildman–Crippen LogP) is 4.89. The van der Waals surface area contributed by atoms with Crippen molar-refractivity contribution in [3.05, 3.63) is 99.9 Å². The first kappa shape index (κ1) is 30.2. The van der Waals surface area contributed by atoms with Gasteiger partial charge in [-0.3, -0.25) is 19.1 Å². The standard InChI is InChI=1S/C31H25Cl2N11O3/c1-17-3-2-4-26(42-16-37-22(11-28(42)45)21-10-19(32)5-6-25(21)44-15-27(33)39-41-44)23-9-18(7-8-34-23)29-24(38-30(17)46)14-43(40-29)20-12-35-31(47)36-13-20/h5-17,26H,2-4H2,1H3,(H,38,46)(H,35,36,47)/t17-,26+/m1/s1. The molecule has 47 heavy (non-hydrogen) atoms. The molecule has 1 aliphatic heterocycles. The van der Waals surface area contributed by atoms with Gasteiger partial charge in [0.15, 0.2) is 5.15 Å². The van der Waals surface area contributed by atoms with Crippen molar-refractivity contribution in [2.24, 2.45) is 5.92 Å². The summed E-state index contributed by atoms with van der Waals surface area (Å²) < 4.78 is 4.57. The van der Waals surface area contributed by atoms with Gasteiger partial charge in [0.05, 0.1) is 59.9 Å². The number of aromatic nitrogens is 10. The van der Waals surface area contributed by atoms with Crippen LogP contribution in [0.2, 0.25) is 10.2 Å². The summed E-state index contributed by atoms with van der Waals surface area (Å²) in [6, 6.07) is 9.40. The highest BCUT2D eigenvalue weighted by Crippen LogP contribution is 2.33. The molecule has 0 unspecified atom stereocenters. The third-order valence-electron chi connectivity index (χ3n) is 7.94. The molecule has 0 radical (unpaired) electrons. The zero-order chi connectivity index (χ0) is 32.7. The zero-order valence-electron chi connectivity index (χ0n) is 24.7. The number of hydrogen-bond acceptors (Lipinski definition) is 10. The van der Waals surface area contributed by atoms with E-state index in [9.17, 15) is 14.7 Å². The second-order valence-corrected chi connectivity index (χ2v) is 11.9. The molecule has 2 N–H and O–H groups in total. The number of nitrogens with one attached hydrogen (secondary N) is 1. The minimum Gasteiger partial charge on any atom is -0.479 e. The number of rotatable bonds is 4. The highest BCUT2D eigenvalue weighted by molar-refractivity contribution is 6.31. The number of aromatic hydroxyl groups is 1. The van der Waals surface area contributed by atoms with E-state index in [0.29, 0.717) is 69.6 Å². The lowest BCUT2D eigenvalue weighted by molar-refractivity contribution is -0.119. The summed E-state index contributed by atoms with van der Waals surface area (Å²) in [6.07, 6.45) is 11.0. The van der Waals surface area contributed by atoms with E-state index in [-0.39, 0.29) is 28.5 Å². The van der Waals surface area contributed by atoms with Gasteiger partial charge in [-0.05, 0) is 43.2 Å². The SMILES string of the molecule is C[C@@H]1CCC[C@H](n2cnc(-c3cc(Cl)ccc3-n3cc(Cl)nn3)cc2=O)c2cc(ccn2)-c2nn(-c3cnc(O)nc3)cc2NC1=O. The van der Waals surface area contributed by atoms with Crippen LogP contribution < -0.4 is 10.9 Å². The molecule has 16 heteroatoms. The molecular formula is C31H25Cl2N11O3. The van der Waals surface area contributed by atoms with E-state index in [1.165, 1.54) is 34.2 Å². The molecule has 7 rings (SSSR count). The molecule has 6 heterocycles. The summed E-state index contributed by atoms with van der Waals surface area (Å²) in [5.41, 5.74) is 4.03. The number of fused-ring (bicyclic) bond motifs is 4. The minimum absolute atomic E-state index is 0.159. The molecule has 2 atom stereocenters. The molecular weight excluding hydrogens is 645 g/mol. The van der Waals surface area contributed by atoms with Gasteiger partial charge in [-0.1, -0.05) is 41.8 Å². The molecule has 0 saturated carbocycles. The van der Waals surface area contributed by atoms with E-state index < -0.39 is 6.04 Å². The molecule has 0 saturated heterocycles. The number of benzene rings is 1. The number of carbonyl (C=O) groups is 1. The molecule has 236 valence electrons. The van der Waals surface area contributed by atoms with Crippen molar-refractivity contribution in [1.82, 2.24) is 49.3 Å². The first-order chi connectivity index (χ1) is 22.7.